The summed E-state index contributed by atoms with van der Waals surface area (Å²) in [7, 11) is 0. The van der Waals surface area contributed by atoms with Gasteiger partial charge in [0.15, 0.2) is 0 Å². The van der Waals surface area contributed by atoms with Gasteiger partial charge in [-0.2, -0.15) is 0 Å². The molecule has 1 heterocycles. The van der Waals surface area contributed by atoms with E-state index >= 15 is 0 Å². The topological polar surface area (TPSA) is 43.8 Å². The molecule has 0 aliphatic carbocycles. The smallest absolute Gasteiger partial charge is 0.141 e. The lowest BCUT2D eigenvalue weighted by atomic mass is 10.1. The standard InChI is InChI=1S/C21H17N3S/c22-20(25)17-11-5-4-10-16(17)14-24-19-13-7-6-12-18(19)23-21(24)15-8-2-1-3-9-15/h1-13H,14H2,(H2,22,25). The Morgan fingerprint density at radius 1 is 0.880 bits per heavy atom. The minimum atomic E-state index is 0.418. The quantitative estimate of drug-likeness (QED) is 0.559. The number of hydrogen-bond acceptors (Lipinski definition) is 2. The first-order valence-corrected chi connectivity index (χ1v) is 8.53. The molecule has 122 valence electrons. The van der Waals surface area contributed by atoms with Crippen molar-refractivity contribution in [2.45, 2.75) is 6.54 Å². The van der Waals surface area contributed by atoms with E-state index in [1.807, 2.05) is 54.6 Å². The molecule has 0 unspecified atom stereocenters. The van der Waals surface area contributed by atoms with Crippen LogP contribution in [0.4, 0.5) is 0 Å². The van der Waals surface area contributed by atoms with Crippen molar-refractivity contribution in [2.75, 3.05) is 0 Å². The fourth-order valence-corrected chi connectivity index (χ4v) is 3.31. The van der Waals surface area contributed by atoms with Crippen LogP contribution >= 0.6 is 12.2 Å². The molecule has 4 aromatic rings. The first kappa shape index (κ1) is 15.5. The van der Waals surface area contributed by atoms with Crippen LogP contribution in [0.3, 0.4) is 0 Å². The van der Waals surface area contributed by atoms with E-state index in [1.54, 1.807) is 0 Å². The maximum absolute atomic E-state index is 5.91. The minimum Gasteiger partial charge on any atom is -0.389 e. The van der Waals surface area contributed by atoms with Crippen LogP contribution in [-0.4, -0.2) is 14.5 Å². The normalized spacial score (nSPS) is 10.9. The highest BCUT2D eigenvalue weighted by Crippen LogP contribution is 2.26. The van der Waals surface area contributed by atoms with Gasteiger partial charge < -0.3 is 10.3 Å². The summed E-state index contributed by atoms with van der Waals surface area (Å²) in [4.78, 5) is 5.27. The molecule has 2 N–H and O–H groups in total. The maximum Gasteiger partial charge on any atom is 0.141 e. The maximum atomic E-state index is 5.91. The summed E-state index contributed by atoms with van der Waals surface area (Å²) in [6.07, 6.45) is 0. The Morgan fingerprint density at radius 2 is 1.56 bits per heavy atom. The van der Waals surface area contributed by atoms with Crippen LogP contribution in [-0.2, 0) is 6.54 Å². The van der Waals surface area contributed by atoms with Crippen LogP contribution in [0.2, 0.25) is 0 Å². The molecule has 0 atom stereocenters. The predicted molar refractivity (Wildman–Crippen MR) is 107 cm³/mol. The Labute approximate surface area is 151 Å². The van der Waals surface area contributed by atoms with Gasteiger partial charge in [0.2, 0.25) is 0 Å². The van der Waals surface area contributed by atoms with E-state index in [-0.39, 0.29) is 0 Å². The SMILES string of the molecule is NC(=S)c1ccccc1Cn1c(-c2ccccc2)nc2ccccc21. The third-order valence-corrected chi connectivity index (χ3v) is 4.52. The van der Waals surface area contributed by atoms with Crippen LogP contribution < -0.4 is 5.73 Å². The number of aromatic nitrogens is 2. The van der Waals surface area contributed by atoms with Crippen molar-refractivity contribution in [1.82, 2.24) is 9.55 Å². The van der Waals surface area contributed by atoms with E-state index in [2.05, 4.69) is 28.8 Å². The number of rotatable bonds is 4. The van der Waals surface area contributed by atoms with Crippen LogP contribution in [0.5, 0.6) is 0 Å². The van der Waals surface area contributed by atoms with Gasteiger partial charge in [0.25, 0.3) is 0 Å². The highest BCUT2D eigenvalue weighted by Gasteiger charge is 2.14. The summed E-state index contributed by atoms with van der Waals surface area (Å²) >= 11 is 5.22. The molecule has 0 aliphatic heterocycles. The average molecular weight is 343 g/mol. The number of nitrogens with two attached hydrogens (primary N) is 1. The Hall–Kier alpha value is -2.98. The third-order valence-electron chi connectivity index (χ3n) is 4.30. The van der Waals surface area contributed by atoms with Crippen LogP contribution in [0.25, 0.3) is 22.4 Å². The number of hydrogen-bond donors (Lipinski definition) is 1. The Balaban J connectivity index is 1.91. The second-order valence-electron chi connectivity index (χ2n) is 5.90. The zero-order valence-electron chi connectivity index (χ0n) is 13.6. The van der Waals surface area contributed by atoms with Gasteiger partial charge in [-0.3, -0.25) is 0 Å². The Bertz CT molecular complexity index is 1050. The zero-order valence-corrected chi connectivity index (χ0v) is 14.4. The Kier molecular flexibility index (Phi) is 4.04. The molecule has 0 saturated heterocycles. The molecule has 0 spiro atoms. The van der Waals surface area contributed by atoms with E-state index in [9.17, 15) is 0 Å². The number of imidazole rings is 1. The molecular weight excluding hydrogens is 326 g/mol. The van der Waals surface area contributed by atoms with Crippen LogP contribution in [0.1, 0.15) is 11.1 Å². The second kappa shape index (κ2) is 6.49. The van der Waals surface area contributed by atoms with Crippen molar-refractivity contribution in [1.29, 1.82) is 0 Å². The van der Waals surface area contributed by atoms with Crippen molar-refractivity contribution in [3.05, 3.63) is 90.0 Å². The van der Waals surface area contributed by atoms with Crippen LogP contribution in [0.15, 0.2) is 78.9 Å². The zero-order chi connectivity index (χ0) is 17.2. The van der Waals surface area contributed by atoms with Gasteiger partial charge in [-0.15, -0.1) is 0 Å². The van der Waals surface area contributed by atoms with Gasteiger partial charge in [-0.25, -0.2) is 4.98 Å². The molecule has 0 bridgehead atoms. The molecule has 0 amide bonds. The number of benzene rings is 3. The second-order valence-corrected chi connectivity index (χ2v) is 6.34. The molecule has 0 radical (unpaired) electrons. The molecule has 4 heteroatoms. The average Bonchev–Trinajstić information content (AvgIpc) is 3.01. The van der Waals surface area contributed by atoms with Gasteiger partial charge in [0, 0.05) is 11.1 Å². The fourth-order valence-electron chi connectivity index (χ4n) is 3.11. The van der Waals surface area contributed by atoms with Crippen molar-refractivity contribution >= 4 is 28.2 Å². The van der Waals surface area contributed by atoms with Crippen molar-refractivity contribution in [3.63, 3.8) is 0 Å². The van der Waals surface area contributed by atoms with E-state index in [0.717, 1.165) is 33.5 Å². The summed E-state index contributed by atoms with van der Waals surface area (Å²) in [6.45, 7) is 0.665. The van der Waals surface area contributed by atoms with Gasteiger partial charge in [-0.1, -0.05) is 78.9 Å². The van der Waals surface area contributed by atoms with E-state index in [4.69, 9.17) is 22.9 Å². The molecule has 0 aliphatic rings. The molecule has 25 heavy (non-hydrogen) atoms. The van der Waals surface area contributed by atoms with Crippen LogP contribution in [0, 0.1) is 0 Å². The van der Waals surface area contributed by atoms with E-state index in [0.29, 0.717) is 11.5 Å². The largest absolute Gasteiger partial charge is 0.389 e. The summed E-state index contributed by atoms with van der Waals surface area (Å²) in [5.74, 6) is 0.944. The Morgan fingerprint density at radius 3 is 2.36 bits per heavy atom. The molecule has 3 nitrogen and oxygen atoms in total. The van der Waals surface area contributed by atoms with E-state index < -0.39 is 0 Å². The summed E-state index contributed by atoms with van der Waals surface area (Å²) in [6, 6.07) is 26.4. The number of thiocarbonyl (C=S) groups is 1. The molecule has 3 aromatic carbocycles. The highest BCUT2D eigenvalue weighted by atomic mass is 32.1. The van der Waals surface area contributed by atoms with Gasteiger partial charge >= 0.3 is 0 Å². The monoisotopic (exact) mass is 343 g/mol. The first-order chi connectivity index (χ1) is 12.2. The molecule has 1 aromatic heterocycles. The number of fused-ring (bicyclic) bond motifs is 1. The predicted octanol–water partition coefficient (Wildman–Crippen LogP) is 4.39. The number of para-hydroxylation sites is 2. The van der Waals surface area contributed by atoms with Gasteiger partial charge in [0.05, 0.1) is 17.6 Å². The summed E-state index contributed by atoms with van der Waals surface area (Å²) in [5, 5.41) is 0. The van der Waals surface area contributed by atoms with Crippen molar-refractivity contribution < 1.29 is 0 Å². The molecule has 0 saturated carbocycles. The lowest BCUT2D eigenvalue weighted by Crippen LogP contribution is -2.14. The minimum absolute atomic E-state index is 0.418. The summed E-state index contributed by atoms with van der Waals surface area (Å²) < 4.78 is 2.22. The van der Waals surface area contributed by atoms with Gasteiger partial charge in [-0.05, 0) is 17.7 Å². The first-order valence-electron chi connectivity index (χ1n) is 8.12. The molecular formula is C21H17N3S. The summed E-state index contributed by atoms with van der Waals surface area (Å²) in [5.41, 5.74) is 11.1. The van der Waals surface area contributed by atoms with Crippen molar-refractivity contribution in [2.24, 2.45) is 5.73 Å². The lowest BCUT2D eigenvalue weighted by Gasteiger charge is -2.13. The third kappa shape index (κ3) is 2.92. The fraction of sp³-hybridized carbons (Fsp3) is 0.0476. The molecule has 4 rings (SSSR count). The lowest BCUT2D eigenvalue weighted by molar-refractivity contribution is 0.833. The van der Waals surface area contributed by atoms with E-state index in [1.165, 1.54) is 0 Å². The number of nitrogens with zero attached hydrogens (tertiary/aromatic N) is 2. The van der Waals surface area contributed by atoms with Crippen molar-refractivity contribution in [3.8, 4) is 11.4 Å². The molecule has 0 fully saturated rings. The highest BCUT2D eigenvalue weighted by molar-refractivity contribution is 7.80. The van der Waals surface area contributed by atoms with Gasteiger partial charge in [0.1, 0.15) is 10.8 Å².